The molecular formula is C12H13NO3. The molecule has 16 heavy (non-hydrogen) atoms. The molecule has 0 atom stereocenters. The van der Waals surface area contributed by atoms with E-state index < -0.39 is 11.9 Å². The molecule has 0 saturated heterocycles. The lowest BCUT2D eigenvalue weighted by Crippen LogP contribution is -2.16. The highest BCUT2D eigenvalue weighted by atomic mass is 16.5. The maximum atomic E-state index is 11.4. The van der Waals surface area contributed by atoms with Gasteiger partial charge in [-0.25, -0.2) is 4.79 Å². The first-order valence-corrected chi connectivity index (χ1v) is 4.75. The Morgan fingerprint density at radius 1 is 1.31 bits per heavy atom. The van der Waals surface area contributed by atoms with Crippen LogP contribution < -0.4 is 5.73 Å². The summed E-state index contributed by atoms with van der Waals surface area (Å²) in [5, 5.41) is 0. The Morgan fingerprint density at radius 3 is 2.44 bits per heavy atom. The highest BCUT2D eigenvalue weighted by Gasteiger charge is 2.12. The van der Waals surface area contributed by atoms with Crippen molar-refractivity contribution in [3.05, 3.63) is 41.5 Å². The summed E-state index contributed by atoms with van der Waals surface area (Å²) in [5.74, 6) is -1.10. The van der Waals surface area contributed by atoms with E-state index in [1.165, 1.54) is 7.11 Å². The molecule has 0 fully saturated rings. The molecule has 2 N–H and O–H groups in total. The van der Waals surface area contributed by atoms with E-state index in [2.05, 4.69) is 4.74 Å². The number of hydrogen-bond acceptors (Lipinski definition) is 3. The predicted octanol–water partition coefficient (Wildman–Crippen LogP) is 1.12. The van der Waals surface area contributed by atoms with Gasteiger partial charge in [-0.15, -0.1) is 0 Å². The summed E-state index contributed by atoms with van der Waals surface area (Å²) in [7, 11) is 1.27. The van der Waals surface area contributed by atoms with Crippen LogP contribution in [0.2, 0.25) is 0 Å². The molecule has 0 heterocycles. The molecule has 0 aliphatic heterocycles. The van der Waals surface area contributed by atoms with Crippen molar-refractivity contribution in [3.8, 4) is 0 Å². The summed E-state index contributed by atoms with van der Waals surface area (Å²) in [6, 6.07) is 9.19. The van der Waals surface area contributed by atoms with Crippen LogP contribution in [0.1, 0.15) is 12.0 Å². The van der Waals surface area contributed by atoms with E-state index in [4.69, 9.17) is 5.73 Å². The van der Waals surface area contributed by atoms with Gasteiger partial charge < -0.3 is 10.5 Å². The summed E-state index contributed by atoms with van der Waals surface area (Å²) in [5.41, 5.74) is 6.13. The Morgan fingerprint density at radius 2 is 1.94 bits per heavy atom. The molecule has 1 amide bonds. The van der Waals surface area contributed by atoms with Crippen LogP contribution in [0.3, 0.4) is 0 Å². The molecule has 1 aromatic rings. The van der Waals surface area contributed by atoms with Crippen LogP contribution in [0, 0.1) is 0 Å². The van der Waals surface area contributed by atoms with Gasteiger partial charge in [-0.3, -0.25) is 4.79 Å². The van der Waals surface area contributed by atoms with Crippen molar-refractivity contribution in [1.82, 2.24) is 0 Å². The molecule has 1 rings (SSSR count). The van der Waals surface area contributed by atoms with Crippen LogP contribution in [0.5, 0.6) is 0 Å². The Balaban J connectivity index is 2.96. The van der Waals surface area contributed by atoms with Gasteiger partial charge in [0.15, 0.2) is 0 Å². The number of nitrogens with two attached hydrogens (primary N) is 1. The molecule has 0 saturated carbocycles. The highest BCUT2D eigenvalue weighted by molar-refractivity contribution is 5.98. The highest BCUT2D eigenvalue weighted by Crippen LogP contribution is 2.10. The fourth-order valence-corrected chi connectivity index (χ4v) is 1.25. The number of amides is 1. The summed E-state index contributed by atoms with van der Waals surface area (Å²) in [6.07, 6.45) is 1.47. The van der Waals surface area contributed by atoms with E-state index in [1.54, 1.807) is 6.08 Å². The van der Waals surface area contributed by atoms with Crippen molar-refractivity contribution in [2.75, 3.05) is 7.11 Å². The van der Waals surface area contributed by atoms with E-state index in [1.807, 2.05) is 30.3 Å². The number of hydrogen-bond donors (Lipinski definition) is 1. The molecule has 1 aromatic carbocycles. The third kappa shape index (κ3) is 3.57. The minimum absolute atomic E-state index is 0.123. The average Bonchev–Trinajstić information content (AvgIpc) is 2.28. The van der Waals surface area contributed by atoms with Gasteiger partial charge in [0.05, 0.1) is 13.5 Å². The van der Waals surface area contributed by atoms with Crippen molar-refractivity contribution in [2.45, 2.75) is 6.42 Å². The van der Waals surface area contributed by atoms with E-state index >= 15 is 0 Å². The van der Waals surface area contributed by atoms with Crippen LogP contribution >= 0.6 is 0 Å². The van der Waals surface area contributed by atoms with E-state index in [9.17, 15) is 9.59 Å². The zero-order valence-electron chi connectivity index (χ0n) is 8.97. The molecule has 0 aromatic heterocycles. The number of esters is 1. The van der Waals surface area contributed by atoms with Gasteiger partial charge in [0.2, 0.25) is 5.91 Å². The monoisotopic (exact) mass is 219 g/mol. The Labute approximate surface area is 93.7 Å². The quantitative estimate of drug-likeness (QED) is 0.609. The largest absolute Gasteiger partial charge is 0.466 e. The Bertz CT molecular complexity index is 410. The molecular weight excluding hydrogens is 206 g/mol. The second kappa shape index (κ2) is 5.70. The number of carbonyl (C=O) groups excluding carboxylic acids is 2. The first kappa shape index (κ1) is 12.0. The van der Waals surface area contributed by atoms with Crippen molar-refractivity contribution in [2.24, 2.45) is 5.73 Å². The van der Waals surface area contributed by atoms with E-state index in [0.717, 1.165) is 5.56 Å². The van der Waals surface area contributed by atoms with Crippen LogP contribution in [-0.4, -0.2) is 19.0 Å². The van der Waals surface area contributed by atoms with Crippen LogP contribution in [-0.2, 0) is 14.3 Å². The summed E-state index contributed by atoms with van der Waals surface area (Å²) in [6.45, 7) is 0. The smallest absolute Gasteiger partial charge is 0.334 e. The zero-order chi connectivity index (χ0) is 12.0. The summed E-state index contributed by atoms with van der Waals surface area (Å²) in [4.78, 5) is 22.1. The molecule has 4 heteroatoms. The van der Waals surface area contributed by atoms with Crippen molar-refractivity contribution in [1.29, 1.82) is 0 Å². The predicted molar refractivity (Wildman–Crippen MR) is 60.2 cm³/mol. The van der Waals surface area contributed by atoms with Gasteiger partial charge in [-0.2, -0.15) is 0 Å². The first-order valence-electron chi connectivity index (χ1n) is 4.75. The lowest BCUT2D eigenvalue weighted by Gasteiger charge is -2.03. The lowest BCUT2D eigenvalue weighted by atomic mass is 10.1. The number of primary amides is 1. The first-order chi connectivity index (χ1) is 7.63. The topological polar surface area (TPSA) is 69.4 Å². The van der Waals surface area contributed by atoms with Crippen molar-refractivity contribution < 1.29 is 14.3 Å². The Hall–Kier alpha value is -2.10. The summed E-state index contributed by atoms with van der Waals surface area (Å²) < 4.78 is 4.57. The van der Waals surface area contributed by atoms with Crippen molar-refractivity contribution in [3.63, 3.8) is 0 Å². The van der Waals surface area contributed by atoms with Crippen LogP contribution in [0.25, 0.3) is 6.08 Å². The maximum absolute atomic E-state index is 11.4. The fourth-order valence-electron chi connectivity index (χ4n) is 1.25. The van der Waals surface area contributed by atoms with E-state index in [-0.39, 0.29) is 12.0 Å². The molecule has 0 aliphatic rings. The SMILES string of the molecule is COC(=O)C(=Cc1ccccc1)CC(N)=O. The number of benzene rings is 1. The standard InChI is InChI=1S/C12H13NO3/c1-16-12(15)10(8-11(13)14)7-9-5-3-2-4-6-9/h2-7H,8H2,1H3,(H2,13,14). The van der Waals surface area contributed by atoms with Gasteiger partial charge in [0.25, 0.3) is 0 Å². The summed E-state index contributed by atoms with van der Waals surface area (Å²) >= 11 is 0. The second-order valence-electron chi connectivity index (χ2n) is 3.21. The molecule has 0 spiro atoms. The van der Waals surface area contributed by atoms with Gasteiger partial charge in [0.1, 0.15) is 0 Å². The molecule has 0 aliphatic carbocycles. The average molecular weight is 219 g/mol. The third-order valence-corrected chi connectivity index (χ3v) is 1.95. The number of methoxy groups -OCH3 is 1. The Kier molecular flexibility index (Phi) is 4.27. The minimum atomic E-state index is -0.562. The fraction of sp³-hybridized carbons (Fsp3) is 0.167. The second-order valence-corrected chi connectivity index (χ2v) is 3.21. The molecule has 0 radical (unpaired) electrons. The zero-order valence-corrected chi connectivity index (χ0v) is 8.97. The van der Waals surface area contributed by atoms with Gasteiger partial charge >= 0.3 is 5.97 Å². The third-order valence-electron chi connectivity index (χ3n) is 1.95. The van der Waals surface area contributed by atoms with Crippen molar-refractivity contribution >= 4 is 18.0 Å². The van der Waals surface area contributed by atoms with Crippen LogP contribution in [0.15, 0.2) is 35.9 Å². The molecule has 4 nitrogen and oxygen atoms in total. The lowest BCUT2D eigenvalue weighted by molar-refractivity contribution is -0.137. The maximum Gasteiger partial charge on any atom is 0.334 e. The van der Waals surface area contributed by atoms with E-state index in [0.29, 0.717) is 0 Å². The molecule has 0 unspecified atom stereocenters. The number of ether oxygens (including phenoxy) is 1. The molecule has 84 valence electrons. The number of carbonyl (C=O) groups is 2. The van der Waals surface area contributed by atoms with Crippen LogP contribution in [0.4, 0.5) is 0 Å². The van der Waals surface area contributed by atoms with Gasteiger partial charge in [-0.1, -0.05) is 30.3 Å². The van der Waals surface area contributed by atoms with Gasteiger partial charge in [0, 0.05) is 5.57 Å². The normalized spacial score (nSPS) is 10.9. The minimum Gasteiger partial charge on any atom is -0.466 e. The molecule has 0 bridgehead atoms. The van der Waals surface area contributed by atoms with Gasteiger partial charge in [-0.05, 0) is 11.6 Å². The number of rotatable bonds is 4.